The first-order valence-corrected chi connectivity index (χ1v) is 6.74. The summed E-state index contributed by atoms with van der Waals surface area (Å²) < 4.78 is 10.7. The van der Waals surface area contributed by atoms with Crippen LogP contribution in [-0.4, -0.2) is 25.9 Å². The van der Waals surface area contributed by atoms with Crippen molar-refractivity contribution in [1.82, 2.24) is 10.6 Å². The molecular formula is C14H20N2O2. The summed E-state index contributed by atoms with van der Waals surface area (Å²) >= 11 is 0. The summed E-state index contributed by atoms with van der Waals surface area (Å²) in [7, 11) is 0. The van der Waals surface area contributed by atoms with Crippen LogP contribution >= 0.6 is 0 Å². The molecule has 2 aliphatic heterocycles. The maximum atomic E-state index is 5.37. The number of ether oxygens (including phenoxy) is 2. The standard InChI is InChI=1S/C14H20N2O2/c1-2-6-16-12(3-1)9-15-8-11-4-5-13-14(7-11)18-10-17-13/h4-5,7,12,15-16H,1-3,6,8-10H2. The Morgan fingerprint density at radius 1 is 1.22 bits per heavy atom. The molecule has 4 heteroatoms. The summed E-state index contributed by atoms with van der Waals surface area (Å²) in [6.07, 6.45) is 3.95. The highest BCUT2D eigenvalue weighted by Gasteiger charge is 2.14. The molecule has 2 aliphatic rings. The predicted octanol–water partition coefficient (Wildman–Crippen LogP) is 1.65. The van der Waals surface area contributed by atoms with Gasteiger partial charge in [0.25, 0.3) is 0 Å². The van der Waals surface area contributed by atoms with Gasteiger partial charge < -0.3 is 20.1 Å². The highest BCUT2D eigenvalue weighted by atomic mass is 16.7. The Bertz CT molecular complexity index is 403. The summed E-state index contributed by atoms with van der Waals surface area (Å²) in [5, 5.41) is 7.04. The molecule has 98 valence electrons. The monoisotopic (exact) mass is 248 g/mol. The molecule has 2 N–H and O–H groups in total. The van der Waals surface area contributed by atoms with Crippen molar-refractivity contribution in [3.63, 3.8) is 0 Å². The molecule has 3 rings (SSSR count). The van der Waals surface area contributed by atoms with Crippen LogP contribution in [0.15, 0.2) is 18.2 Å². The lowest BCUT2D eigenvalue weighted by Crippen LogP contribution is -2.41. The van der Waals surface area contributed by atoms with Crippen LogP contribution in [0.3, 0.4) is 0 Å². The summed E-state index contributed by atoms with van der Waals surface area (Å²) in [5.41, 5.74) is 1.25. The van der Waals surface area contributed by atoms with Crippen LogP contribution in [0.25, 0.3) is 0 Å². The van der Waals surface area contributed by atoms with Crippen molar-refractivity contribution in [2.45, 2.75) is 31.8 Å². The van der Waals surface area contributed by atoms with Gasteiger partial charge in [-0.1, -0.05) is 12.5 Å². The molecule has 2 heterocycles. The second-order valence-electron chi connectivity index (χ2n) is 4.97. The average molecular weight is 248 g/mol. The van der Waals surface area contributed by atoms with Gasteiger partial charge in [-0.25, -0.2) is 0 Å². The highest BCUT2D eigenvalue weighted by molar-refractivity contribution is 5.44. The maximum Gasteiger partial charge on any atom is 0.231 e. The molecule has 18 heavy (non-hydrogen) atoms. The third-order valence-corrected chi connectivity index (χ3v) is 3.57. The normalized spacial score (nSPS) is 22.1. The number of piperidine rings is 1. The summed E-state index contributed by atoms with van der Waals surface area (Å²) in [6, 6.07) is 6.77. The van der Waals surface area contributed by atoms with Gasteiger partial charge in [-0.15, -0.1) is 0 Å². The van der Waals surface area contributed by atoms with Crippen LogP contribution < -0.4 is 20.1 Å². The van der Waals surface area contributed by atoms with E-state index in [0.717, 1.165) is 31.1 Å². The second-order valence-corrected chi connectivity index (χ2v) is 4.97. The Morgan fingerprint density at radius 3 is 3.06 bits per heavy atom. The molecule has 1 aromatic rings. The van der Waals surface area contributed by atoms with E-state index in [9.17, 15) is 0 Å². The molecule has 1 fully saturated rings. The third kappa shape index (κ3) is 2.76. The Balaban J connectivity index is 1.48. The zero-order valence-corrected chi connectivity index (χ0v) is 10.6. The Hall–Kier alpha value is -1.26. The van der Waals surface area contributed by atoms with Gasteiger partial charge in [-0.3, -0.25) is 0 Å². The van der Waals surface area contributed by atoms with Gasteiger partial charge in [-0.05, 0) is 37.1 Å². The smallest absolute Gasteiger partial charge is 0.231 e. The van der Waals surface area contributed by atoms with Crippen molar-refractivity contribution in [2.24, 2.45) is 0 Å². The van der Waals surface area contributed by atoms with Crippen molar-refractivity contribution >= 4 is 0 Å². The minimum Gasteiger partial charge on any atom is -0.454 e. The van der Waals surface area contributed by atoms with E-state index in [0.29, 0.717) is 12.8 Å². The first-order valence-electron chi connectivity index (χ1n) is 6.74. The van der Waals surface area contributed by atoms with Crippen molar-refractivity contribution in [1.29, 1.82) is 0 Å². The molecule has 0 saturated carbocycles. The van der Waals surface area contributed by atoms with E-state index < -0.39 is 0 Å². The van der Waals surface area contributed by atoms with Gasteiger partial charge in [0.15, 0.2) is 11.5 Å². The second kappa shape index (κ2) is 5.59. The number of hydrogen-bond acceptors (Lipinski definition) is 4. The molecule has 1 aromatic carbocycles. The first-order chi connectivity index (χ1) is 8.92. The van der Waals surface area contributed by atoms with Crippen LogP contribution in [0, 0.1) is 0 Å². The number of fused-ring (bicyclic) bond motifs is 1. The Morgan fingerprint density at radius 2 is 2.17 bits per heavy atom. The van der Waals surface area contributed by atoms with Crippen LogP contribution in [0.2, 0.25) is 0 Å². The van der Waals surface area contributed by atoms with Crippen LogP contribution in [0.5, 0.6) is 11.5 Å². The van der Waals surface area contributed by atoms with Crippen molar-refractivity contribution in [2.75, 3.05) is 19.9 Å². The van der Waals surface area contributed by atoms with Crippen molar-refractivity contribution in [3.8, 4) is 11.5 Å². The summed E-state index contributed by atoms with van der Waals surface area (Å²) in [5.74, 6) is 1.72. The molecule has 0 aliphatic carbocycles. The van der Waals surface area contributed by atoms with Gasteiger partial charge in [0, 0.05) is 19.1 Å². The fourth-order valence-electron chi connectivity index (χ4n) is 2.54. The average Bonchev–Trinajstić information content (AvgIpc) is 2.87. The summed E-state index contributed by atoms with van der Waals surface area (Å²) in [6.45, 7) is 3.43. The predicted molar refractivity (Wildman–Crippen MR) is 69.9 cm³/mol. The van der Waals surface area contributed by atoms with Crippen molar-refractivity contribution < 1.29 is 9.47 Å². The van der Waals surface area contributed by atoms with E-state index in [4.69, 9.17) is 9.47 Å². The lowest BCUT2D eigenvalue weighted by Gasteiger charge is -2.23. The van der Waals surface area contributed by atoms with Crippen LogP contribution in [-0.2, 0) is 6.54 Å². The molecule has 0 radical (unpaired) electrons. The molecule has 0 aromatic heterocycles. The van der Waals surface area contributed by atoms with Gasteiger partial charge in [-0.2, -0.15) is 0 Å². The zero-order chi connectivity index (χ0) is 12.2. The molecule has 0 spiro atoms. The lowest BCUT2D eigenvalue weighted by molar-refractivity contribution is 0.174. The Labute approximate surface area is 108 Å². The largest absolute Gasteiger partial charge is 0.454 e. The Kier molecular flexibility index (Phi) is 3.67. The SMILES string of the molecule is c1cc2c(cc1CNCC1CCCCN1)OCO2. The van der Waals surface area contributed by atoms with E-state index in [-0.39, 0.29) is 0 Å². The van der Waals surface area contributed by atoms with E-state index in [1.54, 1.807) is 0 Å². The third-order valence-electron chi connectivity index (χ3n) is 3.57. The minimum atomic E-state index is 0.345. The fourth-order valence-corrected chi connectivity index (χ4v) is 2.54. The minimum absolute atomic E-state index is 0.345. The van der Waals surface area contributed by atoms with E-state index in [1.165, 1.54) is 24.8 Å². The quantitative estimate of drug-likeness (QED) is 0.850. The molecule has 0 amide bonds. The topological polar surface area (TPSA) is 42.5 Å². The maximum absolute atomic E-state index is 5.37. The number of nitrogens with one attached hydrogen (secondary N) is 2. The van der Waals surface area contributed by atoms with Gasteiger partial charge in [0.05, 0.1) is 0 Å². The molecule has 4 nitrogen and oxygen atoms in total. The lowest BCUT2D eigenvalue weighted by atomic mass is 10.1. The number of rotatable bonds is 4. The van der Waals surface area contributed by atoms with Gasteiger partial charge in [0.1, 0.15) is 0 Å². The molecule has 1 unspecified atom stereocenters. The van der Waals surface area contributed by atoms with Gasteiger partial charge >= 0.3 is 0 Å². The zero-order valence-electron chi connectivity index (χ0n) is 10.6. The fraction of sp³-hybridized carbons (Fsp3) is 0.571. The van der Waals surface area contributed by atoms with Crippen LogP contribution in [0.4, 0.5) is 0 Å². The highest BCUT2D eigenvalue weighted by Crippen LogP contribution is 2.32. The van der Waals surface area contributed by atoms with Gasteiger partial charge in [0.2, 0.25) is 6.79 Å². The molecular weight excluding hydrogens is 228 g/mol. The van der Waals surface area contributed by atoms with E-state index in [2.05, 4.69) is 22.8 Å². The summed E-state index contributed by atoms with van der Waals surface area (Å²) in [4.78, 5) is 0. The van der Waals surface area contributed by atoms with E-state index >= 15 is 0 Å². The van der Waals surface area contributed by atoms with Crippen LogP contribution in [0.1, 0.15) is 24.8 Å². The van der Waals surface area contributed by atoms with E-state index in [1.807, 2.05) is 6.07 Å². The molecule has 1 atom stereocenters. The molecule has 0 bridgehead atoms. The number of benzene rings is 1. The van der Waals surface area contributed by atoms with Crippen molar-refractivity contribution in [3.05, 3.63) is 23.8 Å². The molecule has 1 saturated heterocycles. The number of hydrogen-bond donors (Lipinski definition) is 2. The first kappa shape index (κ1) is 11.8.